The van der Waals surface area contributed by atoms with Crippen LogP contribution in [0.15, 0.2) is 16.8 Å². The van der Waals surface area contributed by atoms with Crippen molar-refractivity contribution >= 4 is 17.2 Å². The molecule has 1 aromatic rings. The van der Waals surface area contributed by atoms with E-state index in [0.717, 1.165) is 25.8 Å². The van der Waals surface area contributed by atoms with Crippen LogP contribution in [0.3, 0.4) is 0 Å². The number of nitrogens with two attached hydrogens (primary N) is 1. The highest BCUT2D eigenvalue weighted by atomic mass is 32.1. The molecule has 3 nitrogen and oxygen atoms in total. The second-order valence-electron chi connectivity index (χ2n) is 5.48. The third-order valence-electron chi connectivity index (χ3n) is 3.51. The summed E-state index contributed by atoms with van der Waals surface area (Å²) in [6.07, 6.45) is 2.92. The average molecular weight is 266 g/mol. The minimum Gasteiger partial charge on any atom is -0.334 e. The molecule has 2 atom stereocenters. The van der Waals surface area contributed by atoms with Crippen molar-refractivity contribution in [3.8, 4) is 0 Å². The third-order valence-corrected chi connectivity index (χ3v) is 4.21. The first kappa shape index (κ1) is 13.6. The first-order chi connectivity index (χ1) is 8.59. The van der Waals surface area contributed by atoms with Gasteiger partial charge in [0.25, 0.3) is 0 Å². The molecule has 0 spiro atoms. The van der Waals surface area contributed by atoms with Crippen molar-refractivity contribution in [3.63, 3.8) is 0 Å². The fourth-order valence-electron chi connectivity index (χ4n) is 2.66. The van der Waals surface area contributed by atoms with Crippen LogP contribution in [0.4, 0.5) is 0 Å². The number of likely N-dealkylation sites (tertiary alicyclic amines) is 1. The van der Waals surface area contributed by atoms with Gasteiger partial charge < -0.3 is 10.6 Å². The van der Waals surface area contributed by atoms with Gasteiger partial charge >= 0.3 is 0 Å². The maximum Gasteiger partial charge on any atom is 0.240 e. The molecule has 1 fully saturated rings. The summed E-state index contributed by atoms with van der Waals surface area (Å²) in [5.74, 6) is 0.587. The summed E-state index contributed by atoms with van der Waals surface area (Å²) in [5, 5.41) is 4.22. The molecule has 0 aromatic carbocycles. The fraction of sp³-hybridized carbons (Fsp3) is 0.643. The van der Waals surface area contributed by atoms with Gasteiger partial charge in [-0.15, -0.1) is 0 Å². The first-order valence-corrected chi connectivity index (χ1v) is 7.62. The molecule has 2 rings (SSSR count). The Hall–Kier alpha value is -0.870. The van der Waals surface area contributed by atoms with Crippen LogP contribution in [0.2, 0.25) is 0 Å². The van der Waals surface area contributed by atoms with E-state index in [0.29, 0.717) is 5.92 Å². The minimum atomic E-state index is -0.343. The maximum atomic E-state index is 12.4. The van der Waals surface area contributed by atoms with Gasteiger partial charge in [-0.2, -0.15) is 11.3 Å². The number of rotatable bonds is 4. The number of amides is 1. The number of carbonyl (C=O) groups excluding carboxylic acids is 1. The number of hydrogen-bond donors (Lipinski definition) is 1. The zero-order chi connectivity index (χ0) is 13.1. The van der Waals surface area contributed by atoms with Crippen LogP contribution in [0.5, 0.6) is 0 Å². The molecule has 18 heavy (non-hydrogen) atoms. The van der Waals surface area contributed by atoms with E-state index in [1.807, 2.05) is 4.90 Å². The van der Waals surface area contributed by atoms with Crippen molar-refractivity contribution in [1.82, 2.24) is 4.90 Å². The van der Waals surface area contributed by atoms with Crippen molar-refractivity contribution in [2.75, 3.05) is 6.54 Å². The molecule has 1 aliphatic rings. The largest absolute Gasteiger partial charge is 0.334 e. The number of thiophene rings is 1. The maximum absolute atomic E-state index is 12.4. The van der Waals surface area contributed by atoms with Gasteiger partial charge in [0.1, 0.15) is 0 Å². The highest BCUT2D eigenvalue weighted by Gasteiger charge is 2.32. The second-order valence-corrected chi connectivity index (χ2v) is 6.26. The molecule has 0 bridgehead atoms. The van der Waals surface area contributed by atoms with Crippen LogP contribution in [-0.2, 0) is 4.79 Å². The first-order valence-electron chi connectivity index (χ1n) is 6.67. The molecule has 0 saturated carbocycles. The van der Waals surface area contributed by atoms with Crippen LogP contribution in [0, 0.1) is 5.92 Å². The predicted octanol–water partition coefficient (Wildman–Crippen LogP) is 2.79. The standard InChI is InChI=1S/C14H22N2OS/c1-10(2)8-12(15)14(17)16-6-3-4-13(16)11-5-7-18-9-11/h5,7,9-10,12-13H,3-4,6,8,15H2,1-2H3/t12-,13?/m0/s1. The van der Waals surface area contributed by atoms with Crippen molar-refractivity contribution in [2.24, 2.45) is 11.7 Å². The van der Waals surface area contributed by atoms with Gasteiger partial charge in [0.2, 0.25) is 5.91 Å². The summed E-state index contributed by atoms with van der Waals surface area (Å²) in [7, 11) is 0. The fourth-order valence-corrected chi connectivity index (χ4v) is 3.37. The molecule has 2 N–H and O–H groups in total. The smallest absolute Gasteiger partial charge is 0.240 e. The Morgan fingerprint density at radius 2 is 2.39 bits per heavy atom. The van der Waals surface area contributed by atoms with Gasteiger partial charge in [-0.25, -0.2) is 0 Å². The van der Waals surface area contributed by atoms with Crippen molar-refractivity contribution in [2.45, 2.75) is 45.2 Å². The molecular formula is C14H22N2OS. The molecular weight excluding hydrogens is 244 g/mol. The Bertz CT molecular complexity index is 389. The SMILES string of the molecule is CC(C)C[C@H](N)C(=O)N1CCCC1c1ccsc1. The number of nitrogens with zero attached hydrogens (tertiary/aromatic N) is 1. The molecule has 1 amide bonds. The number of hydrogen-bond acceptors (Lipinski definition) is 3. The highest BCUT2D eigenvalue weighted by Crippen LogP contribution is 2.33. The summed E-state index contributed by atoms with van der Waals surface area (Å²) < 4.78 is 0. The van der Waals surface area contributed by atoms with Crippen LogP contribution in [0.1, 0.15) is 44.7 Å². The lowest BCUT2D eigenvalue weighted by atomic mass is 10.0. The van der Waals surface area contributed by atoms with Gasteiger partial charge in [0, 0.05) is 6.54 Å². The van der Waals surface area contributed by atoms with Crippen molar-refractivity contribution in [3.05, 3.63) is 22.4 Å². The summed E-state index contributed by atoms with van der Waals surface area (Å²) in [4.78, 5) is 14.4. The van der Waals surface area contributed by atoms with E-state index in [1.54, 1.807) is 11.3 Å². The van der Waals surface area contributed by atoms with E-state index >= 15 is 0 Å². The summed E-state index contributed by atoms with van der Waals surface area (Å²) in [6.45, 7) is 5.06. The van der Waals surface area contributed by atoms with Crippen LogP contribution in [0.25, 0.3) is 0 Å². The molecule has 2 heterocycles. The van der Waals surface area contributed by atoms with E-state index in [2.05, 4.69) is 30.7 Å². The van der Waals surface area contributed by atoms with Crippen LogP contribution in [-0.4, -0.2) is 23.4 Å². The predicted molar refractivity (Wildman–Crippen MR) is 75.4 cm³/mol. The Labute approximate surface area is 113 Å². The monoisotopic (exact) mass is 266 g/mol. The normalized spacial score (nSPS) is 21.6. The molecule has 0 aliphatic carbocycles. The Morgan fingerprint density at radius 1 is 1.61 bits per heavy atom. The molecule has 0 radical (unpaired) electrons. The third kappa shape index (κ3) is 2.93. The van der Waals surface area contributed by atoms with Crippen molar-refractivity contribution in [1.29, 1.82) is 0 Å². The lowest BCUT2D eigenvalue weighted by Crippen LogP contribution is -2.43. The Morgan fingerprint density at radius 3 is 3.00 bits per heavy atom. The second kappa shape index (κ2) is 5.85. The quantitative estimate of drug-likeness (QED) is 0.911. The Balaban J connectivity index is 2.05. The zero-order valence-corrected chi connectivity index (χ0v) is 12.0. The lowest BCUT2D eigenvalue weighted by molar-refractivity contribution is -0.133. The van der Waals surface area contributed by atoms with Gasteiger partial charge in [-0.3, -0.25) is 4.79 Å². The lowest BCUT2D eigenvalue weighted by Gasteiger charge is -2.27. The molecule has 1 aromatic heterocycles. The van der Waals surface area contributed by atoms with Crippen LogP contribution < -0.4 is 5.73 Å². The van der Waals surface area contributed by atoms with Gasteiger partial charge in [-0.05, 0) is 47.6 Å². The highest BCUT2D eigenvalue weighted by molar-refractivity contribution is 7.07. The molecule has 1 aliphatic heterocycles. The summed E-state index contributed by atoms with van der Waals surface area (Å²) in [5.41, 5.74) is 7.29. The topological polar surface area (TPSA) is 46.3 Å². The zero-order valence-electron chi connectivity index (χ0n) is 11.1. The molecule has 1 unspecified atom stereocenters. The van der Waals surface area contributed by atoms with E-state index < -0.39 is 0 Å². The summed E-state index contributed by atoms with van der Waals surface area (Å²) >= 11 is 1.69. The van der Waals surface area contributed by atoms with Gasteiger partial charge in [0.15, 0.2) is 0 Å². The Kier molecular flexibility index (Phi) is 4.40. The van der Waals surface area contributed by atoms with E-state index in [9.17, 15) is 4.79 Å². The van der Waals surface area contributed by atoms with Crippen LogP contribution >= 0.6 is 11.3 Å². The van der Waals surface area contributed by atoms with Gasteiger partial charge in [0.05, 0.1) is 12.1 Å². The van der Waals surface area contributed by atoms with E-state index in [1.165, 1.54) is 5.56 Å². The number of carbonyl (C=O) groups is 1. The van der Waals surface area contributed by atoms with E-state index in [-0.39, 0.29) is 18.0 Å². The van der Waals surface area contributed by atoms with Crippen molar-refractivity contribution < 1.29 is 4.79 Å². The minimum absolute atomic E-state index is 0.123. The molecule has 100 valence electrons. The molecule has 4 heteroatoms. The van der Waals surface area contributed by atoms with E-state index in [4.69, 9.17) is 5.73 Å². The average Bonchev–Trinajstić information content (AvgIpc) is 2.97. The summed E-state index contributed by atoms with van der Waals surface area (Å²) in [6, 6.07) is 2.03. The van der Waals surface area contributed by atoms with Gasteiger partial charge in [-0.1, -0.05) is 13.8 Å². The molecule has 1 saturated heterocycles.